The van der Waals surface area contributed by atoms with Gasteiger partial charge in [-0.2, -0.15) is 5.10 Å². The number of carbonyl (C=O) groups excluding carboxylic acids is 1. The minimum Gasteiger partial charge on any atom is -0.395 e. The predicted molar refractivity (Wildman–Crippen MR) is 79.4 cm³/mol. The standard InChI is InChI=1S/C16H17N3O2/c1-19-15(9-10-18-19)16(21)17-12-14-7-5-13(6-8-14)4-2-3-11-20/h5-10,20H,3,11-12H2,1H3,(H,17,21). The Morgan fingerprint density at radius 1 is 1.33 bits per heavy atom. The van der Waals surface area contributed by atoms with Gasteiger partial charge in [0.05, 0.1) is 6.61 Å². The molecule has 1 aromatic carbocycles. The summed E-state index contributed by atoms with van der Waals surface area (Å²) in [7, 11) is 1.73. The van der Waals surface area contributed by atoms with E-state index in [0.29, 0.717) is 18.7 Å². The molecule has 0 saturated heterocycles. The maximum atomic E-state index is 11.9. The molecule has 2 aromatic rings. The first-order valence-corrected chi connectivity index (χ1v) is 6.65. The van der Waals surface area contributed by atoms with Crippen molar-refractivity contribution in [1.29, 1.82) is 0 Å². The van der Waals surface area contributed by atoms with Crippen molar-refractivity contribution in [3.05, 3.63) is 53.3 Å². The summed E-state index contributed by atoms with van der Waals surface area (Å²) >= 11 is 0. The molecule has 0 bridgehead atoms. The number of aromatic nitrogens is 2. The van der Waals surface area contributed by atoms with Crippen LogP contribution in [0.5, 0.6) is 0 Å². The van der Waals surface area contributed by atoms with Gasteiger partial charge in [0.1, 0.15) is 5.69 Å². The van der Waals surface area contributed by atoms with Crippen molar-refractivity contribution in [3.63, 3.8) is 0 Å². The lowest BCUT2D eigenvalue weighted by Gasteiger charge is -2.05. The molecule has 2 N–H and O–H groups in total. The Morgan fingerprint density at radius 3 is 2.71 bits per heavy atom. The molecule has 0 radical (unpaired) electrons. The second kappa shape index (κ2) is 7.27. The van der Waals surface area contributed by atoms with E-state index in [1.807, 2.05) is 24.3 Å². The monoisotopic (exact) mass is 283 g/mol. The van der Waals surface area contributed by atoms with Crippen LogP contribution >= 0.6 is 0 Å². The van der Waals surface area contributed by atoms with Gasteiger partial charge in [-0.25, -0.2) is 0 Å². The molecule has 0 saturated carbocycles. The fourth-order valence-corrected chi connectivity index (χ4v) is 1.80. The SMILES string of the molecule is Cn1nccc1C(=O)NCc1ccc(C#CCCO)cc1. The molecule has 0 atom stereocenters. The zero-order valence-electron chi connectivity index (χ0n) is 11.8. The average Bonchev–Trinajstić information content (AvgIpc) is 2.92. The van der Waals surface area contributed by atoms with Crippen molar-refractivity contribution in [3.8, 4) is 11.8 Å². The first-order valence-electron chi connectivity index (χ1n) is 6.65. The molecule has 5 heteroatoms. The maximum Gasteiger partial charge on any atom is 0.269 e. The van der Waals surface area contributed by atoms with Crippen molar-refractivity contribution >= 4 is 5.91 Å². The number of rotatable bonds is 4. The van der Waals surface area contributed by atoms with Crippen LogP contribution in [0.2, 0.25) is 0 Å². The van der Waals surface area contributed by atoms with Crippen molar-refractivity contribution in [2.75, 3.05) is 6.61 Å². The lowest BCUT2D eigenvalue weighted by molar-refractivity contribution is 0.0941. The first kappa shape index (κ1) is 14.8. The van der Waals surface area contributed by atoms with E-state index in [-0.39, 0.29) is 12.5 Å². The Labute approximate surface area is 123 Å². The molecule has 0 aliphatic carbocycles. The van der Waals surface area contributed by atoms with Crippen molar-refractivity contribution in [2.45, 2.75) is 13.0 Å². The molecule has 1 heterocycles. The van der Waals surface area contributed by atoms with E-state index >= 15 is 0 Å². The lowest BCUT2D eigenvalue weighted by Crippen LogP contribution is -2.25. The van der Waals surface area contributed by atoms with Crippen molar-refractivity contribution in [2.24, 2.45) is 7.05 Å². The number of amides is 1. The second-order valence-corrected chi connectivity index (χ2v) is 4.50. The molecule has 0 unspecified atom stereocenters. The molecule has 0 aliphatic rings. The Hall–Kier alpha value is -2.58. The van der Waals surface area contributed by atoms with Crippen LogP contribution in [0.25, 0.3) is 0 Å². The molecule has 108 valence electrons. The van der Waals surface area contributed by atoms with Crippen LogP contribution in [0.4, 0.5) is 0 Å². The van der Waals surface area contributed by atoms with Gasteiger partial charge in [0.25, 0.3) is 5.91 Å². The Balaban J connectivity index is 1.91. The molecule has 21 heavy (non-hydrogen) atoms. The van der Waals surface area contributed by atoms with Gasteiger partial charge in [-0.05, 0) is 23.8 Å². The van der Waals surface area contributed by atoms with Gasteiger partial charge in [0.15, 0.2) is 0 Å². The van der Waals surface area contributed by atoms with E-state index in [9.17, 15) is 4.79 Å². The number of hydrogen-bond donors (Lipinski definition) is 2. The summed E-state index contributed by atoms with van der Waals surface area (Å²) in [5.41, 5.74) is 2.42. The fourth-order valence-electron chi connectivity index (χ4n) is 1.80. The van der Waals surface area contributed by atoms with Gasteiger partial charge >= 0.3 is 0 Å². The minimum atomic E-state index is -0.151. The number of benzene rings is 1. The third kappa shape index (κ3) is 4.20. The Kier molecular flexibility index (Phi) is 5.13. The summed E-state index contributed by atoms with van der Waals surface area (Å²) in [4.78, 5) is 11.9. The second-order valence-electron chi connectivity index (χ2n) is 4.50. The topological polar surface area (TPSA) is 67.2 Å². The van der Waals surface area contributed by atoms with Gasteiger partial charge in [-0.1, -0.05) is 24.0 Å². The number of carbonyl (C=O) groups is 1. The predicted octanol–water partition coefficient (Wildman–Crippen LogP) is 1.08. The lowest BCUT2D eigenvalue weighted by atomic mass is 10.1. The molecule has 0 aliphatic heterocycles. The van der Waals surface area contributed by atoms with E-state index in [0.717, 1.165) is 11.1 Å². The van der Waals surface area contributed by atoms with E-state index in [1.54, 1.807) is 19.3 Å². The molecule has 5 nitrogen and oxygen atoms in total. The molecule has 0 spiro atoms. The normalized spacial score (nSPS) is 9.81. The Morgan fingerprint density at radius 2 is 2.10 bits per heavy atom. The van der Waals surface area contributed by atoms with Gasteiger partial charge in [-0.3, -0.25) is 9.48 Å². The van der Waals surface area contributed by atoms with E-state index in [4.69, 9.17) is 5.11 Å². The number of hydrogen-bond acceptors (Lipinski definition) is 3. The molecule has 1 amide bonds. The highest BCUT2D eigenvalue weighted by Gasteiger charge is 2.08. The minimum absolute atomic E-state index is 0.0745. The number of nitrogens with zero attached hydrogens (tertiary/aromatic N) is 2. The summed E-state index contributed by atoms with van der Waals surface area (Å²) in [5, 5.41) is 15.5. The first-order chi connectivity index (χ1) is 10.2. The molecule has 1 aromatic heterocycles. The van der Waals surface area contributed by atoms with Crippen LogP contribution in [0.15, 0.2) is 36.5 Å². The number of nitrogens with one attached hydrogen (secondary N) is 1. The zero-order valence-corrected chi connectivity index (χ0v) is 11.8. The van der Waals surface area contributed by atoms with Crippen molar-refractivity contribution < 1.29 is 9.90 Å². The van der Waals surface area contributed by atoms with Crippen LogP contribution in [-0.4, -0.2) is 27.4 Å². The van der Waals surface area contributed by atoms with Gasteiger partial charge in [-0.15, -0.1) is 0 Å². The average molecular weight is 283 g/mol. The fraction of sp³-hybridized carbons (Fsp3) is 0.250. The van der Waals surface area contributed by atoms with E-state index in [2.05, 4.69) is 22.3 Å². The highest BCUT2D eigenvalue weighted by molar-refractivity contribution is 5.92. The van der Waals surface area contributed by atoms with Gasteiger partial charge < -0.3 is 10.4 Å². The number of aliphatic hydroxyl groups is 1. The molecular weight excluding hydrogens is 266 g/mol. The largest absolute Gasteiger partial charge is 0.395 e. The summed E-state index contributed by atoms with van der Waals surface area (Å²) in [6, 6.07) is 9.32. The zero-order chi connectivity index (χ0) is 15.1. The van der Waals surface area contributed by atoms with Crippen LogP contribution in [0, 0.1) is 11.8 Å². The molecule has 0 fully saturated rings. The number of aryl methyl sites for hydroxylation is 1. The van der Waals surface area contributed by atoms with E-state index < -0.39 is 0 Å². The maximum absolute atomic E-state index is 11.9. The van der Waals surface area contributed by atoms with Crippen LogP contribution in [-0.2, 0) is 13.6 Å². The van der Waals surface area contributed by atoms with Crippen LogP contribution < -0.4 is 5.32 Å². The summed E-state index contributed by atoms with van der Waals surface area (Å²) in [6.45, 7) is 0.527. The highest BCUT2D eigenvalue weighted by atomic mass is 16.2. The smallest absolute Gasteiger partial charge is 0.269 e. The summed E-state index contributed by atoms with van der Waals surface area (Å²) < 4.78 is 1.54. The van der Waals surface area contributed by atoms with Gasteiger partial charge in [0, 0.05) is 31.8 Å². The Bertz CT molecular complexity index is 663. The van der Waals surface area contributed by atoms with Gasteiger partial charge in [0.2, 0.25) is 0 Å². The molecular formula is C16H17N3O2. The van der Waals surface area contributed by atoms with E-state index in [1.165, 1.54) is 4.68 Å². The highest BCUT2D eigenvalue weighted by Crippen LogP contribution is 2.04. The quantitative estimate of drug-likeness (QED) is 0.825. The summed E-state index contributed by atoms with van der Waals surface area (Å²) in [6.07, 6.45) is 2.07. The summed E-state index contributed by atoms with van der Waals surface area (Å²) in [5.74, 6) is 5.67. The van der Waals surface area contributed by atoms with Crippen LogP contribution in [0.1, 0.15) is 28.0 Å². The van der Waals surface area contributed by atoms with Crippen LogP contribution in [0.3, 0.4) is 0 Å². The molecule has 2 rings (SSSR count). The third-order valence-corrected chi connectivity index (χ3v) is 2.93. The number of aliphatic hydroxyl groups excluding tert-OH is 1. The third-order valence-electron chi connectivity index (χ3n) is 2.93. The van der Waals surface area contributed by atoms with Crippen molar-refractivity contribution in [1.82, 2.24) is 15.1 Å².